The Kier molecular flexibility index (Phi) is 6.47. The summed E-state index contributed by atoms with van der Waals surface area (Å²) in [6.07, 6.45) is 0.674. The summed E-state index contributed by atoms with van der Waals surface area (Å²) in [4.78, 5) is 57.2. The van der Waals surface area contributed by atoms with E-state index < -0.39 is 44.3 Å². The van der Waals surface area contributed by atoms with E-state index in [-0.39, 0.29) is 22.9 Å². The first-order chi connectivity index (χ1) is 15.6. The van der Waals surface area contributed by atoms with E-state index in [2.05, 4.69) is 5.32 Å². The van der Waals surface area contributed by atoms with Crippen molar-refractivity contribution < 1.29 is 28.6 Å². The van der Waals surface area contributed by atoms with Gasteiger partial charge in [-0.25, -0.2) is 9.59 Å². The smallest absolute Gasteiger partial charge is 0.349 e. The van der Waals surface area contributed by atoms with Gasteiger partial charge in [0, 0.05) is 29.6 Å². The lowest BCUT2D eigenvalue weighted by Crippen LogP contribution is -2.34. The van der Waals surface area contributed by atoms with Gasteiger partial charge >= 0.3 is 11.6 Å². The normalized spacial score (nSPS) is 11.6. The van der Waals surface area contributed by atoms with Crippen LogP contribution in [0, 0.1) is 20.2 Å². The van der Waals surface area contributed by atoms with Gasteiger partial charge in [-0.3, -0.25) is 25.0 Å². The summed E-state index contributed by atoms with van der Waals surface area (Å²) in [6, 6.07) is 7.62. The first-order valence-electron chi connectivity index (χ1n) is 9.64. The molecule has 0 saturated heterocycles. The molecule has 1 atom stereocenters. The van der Waals surface area contributed by atoms with Crippen molar-refractivity contribution in [1.29, 1.82) is 0 Å². The molecule has 0 radical (unpaired) electrons. The lowest BCUT2D eigenvalue weighted by Gasteiger charge is -2.11. The maximum Gasteiger partial charge on any atom is 0.349 e. The van der Waals surface area contributed by atoms with Crippen LogP contribution in [0.3, 0.4) is 0 Å². The lowest BCUT2D eigenvalue weighted by molar-refractivity contribution is -0.394. The molecule has 3 rings (SSSR count). The van der Waals surface area contributed by atoms with Crippen molar-refractivity contribution in [2.45, 2.75) is 26.3 Å². The highest BCUT2D eigenvalue weighted by Gasteiger charge is 2.21. The molecule has 0 saturated carbocycles. The van der Waals surface area contributed by atoms with E-state index in [1.807, 2.05) is 6.92 Å². The van der Waals surface area contributed by atoms with Crippen LogP contribution in [0.5, 0.6) is 5.75 Å². The number of carbonyl (C=O) groups is 2. The van der Waals surface area contributed by atoms with Gasteiger partial charge in [0.25, 0.3) is 17.3 Å². The number of non-ortho nitro benzene ring substituents is 2. The van der Waals surface area contributed by atoms with Crippen LogP contribution in [0.25, 0.3) is 11.0 Å². The molecule has 2 aromatic carbocycles. The van der Waals surface area contributed by atoms with Crippen LogP contribution in [0.2, 0.25) is 0 Å². The first kappa shape index (κ1) is 23.1. The van der Waals surface area contributed by atoms with E-state index in [0.29, 0.717) is 11.8 Å². The summed E-state index contributed by atoms with van der Waals surface area (Å²) >= 11 is 0. The molecule has 0 bridgehead atoms. The predicted octanol–water partition coefficient (Wildman–Crippen LogP) is 3.36. The molecule has 1 amide bonds. The summed E-state index contributed by atoms with van der Waals surface area (Å²) in [5.74, 6) is -1.75. The Hall–Kier alpha value is -4.61. The summed E-state index contributed by atoms with van der Waals surface area (Å²) in [5, 5.41) is 25.1. The Balaban J connectivity index is 1.90. The van der Waals surface area contributed by atoms with Gasteiger partial charge in [0.05, 0.1) is 21.5 Å². The molecular formula is C21H17N3O9. The minimum atomic E-state index is -1.09. The van der Waals surface area contributed by atoms with Crippen molar-refractivity contribution >= 4 is 34.2 Å². The van der Waals surface area contributed by atoms with Crippen LogP contribution in [0.1, 0.15) is 41.0 Å². The van der Waals surface area contributed by atoms with Gasteiger partial charge in [0.2, 0.25) is 0 Å². The summed E-state index contributed by atoms with van der Waals surface area (Å²) in [5.41, 5.74) is -2.75. The highest BCUT2D eigenvalue weighted by Crippen LogP contribution is 2.25. The fraction of sp³-hybridized carbons (Fsp3) is 0.190. The van der Waals surface area contributed by atoms with Crippen LogP contribution in [-0.4, -0.2) is 27.8 Å². The second-order valence-electron chi connectivity index (χ2n) is 7.07. The Labute approximate surface area is 185 Å². The van der Waals surface area contributed by atoms with Gasteiger partial charge in [0.1, 0.15) is 16.9 Å². The minimum Gasteiger partial charge on any atom is -0.423 e. The van der Waals surface area contributed by atoms with Gasteiger partial charge < -0.3 is 14.5 Å². The third kappa shape index (κ3) is 5.18. The van der Waals surface area contributed by atoms with Crippen LogP contribution >= 0.6 is 0 Å². The van der Waals surface area contributed by atoms with Crippen molar-refractivity contribution in [3.63, 3.8) is 0 Å². The molecule has 0 aliphatic heterocycles. The minimum absolute atomic E-state index is 0.0235. The summed E-state index contributed by atoms with van der Waals surface area (Å²) in [6.45, 7) is 3.67. The van der Waals surface area contributed by atoms with Crippen LogP contribution < -0.4 is 15.7 Å². The van der Waals surface area contributed by atoms with Crippen molar-refractivity contribution in [3.05, 3.63) is 84.2 Å². The zero-order valence-electron chi connectivity index (χ0n) is 17.4. The first-order valence-corrected chi connectivity index (χ1v) is 9.64. The van der Waals surface area contributed by atoms with Crippen LogP contribution in [0.15, 0.2) is 51.7 Å². The topological polar surface area (TPSA) is 172 Å². The molecule has 170 valence electrons. The molecule has 33 heavy (non-hydrogen) atoms. The molecule has 3 aromatic rings. The number of amides is 1. The zero-order valence-corrected chi connectivity index (χ0v) is 17.4. The molecule has 0 spiro atoms. The maximum absolute atomic E-state index is 12.4. The molecule has 0 fully saturated rings. The third-order valence-corrected chi connectivity index (χ3v) is 4.71. The van der Waals surface area contributed by atoms with Crippen molar-refractivity contribution in [2.75, 3.05) is 0 Å². The van der Waals surface area contributed by atoms with Crippen molar-refractivity contribution in [2.24, 2.45) is 0 Å². The Morgan fingerprint density at radius 3 is 2.27 bits per heavy atom. The van der Waals surface area contributed by atoms with Crippen molar-refractivity contribution in [3.8, 4) is 5.75 Å². The summed E-state index contributed by atoms with van der Waals surface area (Å²) in [7, 11) is 0. The number of nitrogens with one attached hydrogen (secondary N) is 1. The number of benzene rings is 2. The summed E-state index contributed by atoms with van der Waals surface area (Å²) < 4.78 is 10.3. The lowest BCUT2D eigenvalue weighted by atomic mass is 10.1. The molecular weight excluding hydrogens is 438 g/mol. The SMILES string of the molecule is CCC(C)NC(=O)c1cc2ccc(OC(=O)c3cc([N+](=O)[O-])cc([N+](=O)[O-])c3)cc2oc1=O. The molecule has 1 N–H and O–H groups in total. The monoisotopic (exact) mass is 455 g/mol. The highest BCUT2D eigenvalue weighted by atomic mass is 16.6. The molecule has 12 heteroatoms. The van der Waals surface area contributed by atoms with Gasteiger partial charge in [-0.2, -0.15) is 0 Å². The van der Waals surface area contributed by atoms with E-state index in [9.17, 15) is 34.6 Å². The Morgan fingerprint density at radius 2 is 1.70 bits per heavy atom. The standard InChI is InChI=1S/C21H17N3O9/c1-3-11(2)22-19(25)17-8-12-4-5-16(10-18(12)33-21(17)27)32-20(26)13-6-14(23(28)29)9-15(7-13)24(30)31/h4-11H,3H2,1-2H3,(H,22,25). The molecule has 0 aliphatic rings. The molecule has 1 aromatic heterocycles. The molecule has 1 heterocycles. The highest BCUT2D eigenvalue weighted by molar-refractivity contribution is 5.97. The number of nitro groups is 2. The predicted molar refractivity (Wildman–Crippen MR) is 114 cm³/mol. The largest absolute Gasteiger partial charge is 0.423 e. The number of nitrogens with zero attached hydrogens (tertiary/aromatic N) is 2. The number of hydrogen-bond acceptors (Lipinski definition) is 9. The zero-order chi connectivity index (χ0) is 24.3. The molecule has 0 aliphatic carbocycles. The Morgan fingerprint density at radius 1 is 1.06 bits per heavy atom. The van der Waals surface area contributed by atoms with Crippen molar-refractivity contribution in [1.82, 2.24) is 5.32 Å². The quantitative estimate of drug-likeness (QED) is 0.184. The number of nitro benzene ring substituents is 2. The van der Waals surface area contributed by atoms with E-state index in [4.69, 9.17) is 9.15 Å². The number of ether oxygens (including phenoxy) is 1. The second kappa shape index (κ2) is 9.26. The van der Waals surface area contributed by atoms with Gasteiger partial charge in [0.15, 0.2) is 0 Å². The van der Waals surface area contributed by atoms with Crippen LogP contribution in [-0.2, 0) is 0 Å². The maximum atomic E-state index is 12.4. The van der Waals surface area contributed by atoms with Crippen LogP contribution in [0.4, 0.5) is 11.4 Å². The fourth-order valence-electron chi connectivity index (χ4n) is 2.81. The fourth-order valence-corrected chi connectivity index (χ4v) is 2.81. The van der Waals surface area contributed by atoms with E-state index >= 15 is 0 Å². The van der Waals surface area contributed by atoms with E-state index in [0.717, 1.165) is 18.2 Å². The number of hydrogen-bond donors (Lipinski definition) is 1. The van der Waals surface area contributed by atoms with Gasteiger partial charge in [-0.05, 0) is 31.5 Å². The number of esters is 1. The molecule has 1 unspecified atom stereocenters. The number of rotatable bonds is 7. The third-order valence-electron chi connectivity index (χ3n) is 4.71. The number of fused-ring (bicyclic) bond motifs is 1. The second-order valence-corrected chi connectivity index (χ2v) is 7.07. The average Bonchev–Trinajstić information content (AvgIpc) is 2.77. The number of carbonyl (C=O) groups excluding carboxylic acids is 2. The average molecular weight is 455 g/mol. The Bertz CT molecular complexity index is 1310. The van der Waals surface area contributed by atoms with Gasteiger partial charge in [-0.1, -0.05) is 6.92 Å². The van der Waals surface area contributed by atoms with Gasteiger partial charge in [-0.15, -0.1) is 0 Å². The van der Waals surface area contributed by atoms with E-state index in [1.165, 1.54) is 24.3 Å². The molecule has 12 nitrogen and oxygen atoms in total. The van der Waals surface area contributed by atoms with E-state index in [1.54, 1.807) is 6.92 Å².